The van der Waals surface area contributed by atoms with Crippen molar-refractivity contribution in [2.45, 2.75) is 25.8 Å². The van der Waals surface area contributed by atoms with Crippen LogP contribution in [0.25, 0.3) is 11.0 Å². The molecular formula is C15H19N3O4S. The molecule has 7 nitrogen and oxygen atoms in total. The van der Waals surface area contributed by atoms with Crippen molar-refractivity contribution in [3.05, 3.63) is 34.2 Å². The quantitative estimate of drug-likeness (QED) is 0.844. The third-order valence-electron chi connectivity index (χ3n) is 4.25. The second kappa shape index (κ2) is 5.84. The van der Waals surface area contributed by atoms with E-state index >= 15 is 0 Å². The van der Waals surface area contributed by atoms with Crippen molar-refractivity contribution < 1.29 is 13.2 Å². The number of imidazole rings is 1. The molecule has 23 heavy (non-hydrogen) atoms. The first-order valence-corrected chi connectivity index (χ1v) is 9.41. The van der Waals surface area contributed by atoms with Crippen LogP contribution in [-0.2, 0) is 21.1 Å². The highest BCUT2D eigenvalue weighted by Gasteiger charge is 2.33. The van der Waals surface area contributed by atoms with Crippen LogP contribution in [0, 0.1) is 0 Å². The van der Waals surface area contributed by atoms with Crippen molar-refractivity contribution in [1.82, 2.24) is 14.9 Å². The monoisotopic (exact) mass is 337 g/mol. The second-order valence-electron chi connectivity index (χ2n) is 5.87. The summed E-state index contributed by atoms with van der Waals surface area (Å²) in [4.78, 5) is 30.8. The number of H-pyrrole nitrogens is 2. The maximum absolute atomic E-state index is 12.5. The lowest BCUT2D eigenvalue weighted by atomic mass is 10.1. The largest absolute Gasteiger partial charge is 0.339 e. The summed E-state index contributed by atoms with van der Waals surface area (Å²) < 4.78 is 23.2. The standard InChI is InChI=1S/C15H19N3O4S/c1-2-18(11-5-6-23(21,22)9-11)14(19)8-10-3-4-12-13(7-10)17-15(20)16-12/h3-4,7,11H,2,5-6,8-9H2,1H3,(H2,16,17,20). The molecule has 0 spiro atoms. The minimum atomic E-state index is -3.02. The van der Waals surface area contributed by atoms with Gasteiger partial charge in [0.25, 0.3) is 0 Å². The zero-order chi connectivity index (χ0) is 16.6. The molecule has 1 aliphatic rings. The lowest BCUT2D eigenvalue weighted by Crippen LogP contribution is -2.41. The number of rotatable bonds is 4. The molecular weight excluding hydrogens is 318 g/mol. The highest BCUT2D eigenvalue weighted by Crippen LogP contribution is 2.19. The number of likely N-dealkylation sites (N-methyl/N-ethyl adjacent to an activating group) is 1. The molecule has 2 N–H and O–H groups in total. The number of fused-ring (bicyclic) bond motifs is 1. The van der Waals surface area contributed by atoms with Crippen molar-refractivity contribution in [2.24, 2.45) is 0 Å². The van der Waals surface area contributed by atoms with Gasteiger partial charge in [0.1, 0.15) is 0 Å². The lowest BCUT2D eigenvalue weighted by molar-refractivity contribution is -0.132. The number of benzene rings is 1. The van der Waals surface area contributed by atoms with E-state index in [0.29, 0.717) is 24.0 Å². The molecule has 0 radical (unpaired) electrons. The van der Waals surface area contributed by atoms with Gasteiger partial charge in [0.15, 0.2) is 9.84 Å². The highest BCUT2D eigenvalue weighted by molar-refractivity contribution is 7.91. The van der Waals surface area contributed by atoms with Crippen molar-refractivity contribution in [3.63, 3.8) is 0 Å². The Morgan fingerprint density at radius 2 is 2.04 bits per heavy atom. The van der Waals surface area contributed by atoms with Gasteiger partial charge >= 0.3 is 5.69 Å². The van der Waals surface area contributed by atoms with Crippen molar-refractivity contribution in [2.75, 3.05) is 18.1 Å². The molecule has 0 bridgehead atoms. The van der Waals surface area contributed by atoms with Gasteiger partial charge < -0.3 is 14.9 Å². The highest BCUT2D eigenvalue weighted by atomic mass is 32.2. The smallest absolute Gasteiger partial charge is 0.323 e. The minimum absolute atomic E-state index is 0.0523. The first-order valence-electron chi connectivity index (χ1n) is 7.59. The fraction of sp³-hybridized carbons (Fsp3) is 0.467. The normalized spacial score (nSPS) is 20.0. The third-order valence-corrected chi connectivity index (χ3v) is 6.00. The van der Waals surface area contributed by atoms with Gasteiger partial charge in [-0.1, -0.05) is 6.07 Å². The zero-order valence-corrected chi connectivity index (χ0v) is 13.6. The lowest BCUT2D eigenvalue weighted by Gasteiger charge is -2.27. The number of aromatic nitrogens is 2. The summed E-state index contributed by atoms with van der Waals surface area (Å²) >= 11 is 0. The average Bonchev–Trinajstić information content (AvgIpc) is 3.00. The first kappa shape index (κ1) is 15.8. The van der Waals surface area contributed by atoms with E-state index in [2.05, 4.69) is 9.97 Å². The number of amides is 1. The number of hydrogen-bond donors (Lipinski definition) is 2. The van der Waals surface area contributed by atoms with Crippen LogP contribution in [0.1, 0.15) is 18.9 Å². The molecule has 1 unspecified atom stereocenters. The van der Waals surface area contributed by atoms with Gasteiger partial charge in [-0.15, -0.1) is 0 Å². The maximum atomic E-state index is 12.5. The number of nitrogens with one attached hydrogen (secondary N) is 2. The fourth-order valence-electron chi connectivity index (χ4n) is 3.13. The molecule has 0 saturated carbocycles. The van der Waals surface area contributed by atoms with Crippen molar-refractivity contribution in [3.8, 4) is 0 Å². The molecule has 124 valence electrons. The Labute approximate surface area is 133 Å². The summed E-state index contributed by atoms with van der Waals surface area (Å²) in [6.07, 6.45) is 0.694. The van der Waals surface area contributed by atoms with Crippen LogP contribution in [0.5, 0.6) is 0 Å². The summed E-state index contributed by atoms with van der Waals surface area (Å²) in [6, 6.07) is 5.09. The summed E-state index contributed by atoms with van der Waals surface area (Å²) in [6.45, 7) is 2.35. The van der Waals surface area contributed by atoms with Crippen LogP contribution in [0.4, 0.5) is 0 Å². The van der Waals surface area contributed by atoms with Gasteiger partial charge in [-0.2, -0.15) is 0 Å². The van der Waals surface area contributed by atoms with Gasteiger partial charge in [-0.05, 0) is 31.0 Å². The molecule has 1 aromatic heterocycles. The number of hydrogen-bond acceptors (Lipinski definition) is 4. The van der Waals surface area contributed by atoms with E-state index < -0.39 is 9.84 Å². The van der Waals surface area contributed by atoms with Crippen LogP contribution in [0.15, 0.2) is 23.0 Å². The maximum Gasteiger partial charge on any atom is 0.323 e. The average molecular weight is 337 g/mol. The molecule has 1 amide bonds. The summed E-state index contributed by atoms with van der Waals surface area (Å²) in [7, 11) is -3.02. The minimum Gasteiger partial charge on any atom is -0.339 e. The van der Waals surface area contributed by atoms with E-state index in [1.807, 2.05) is 6.92 Å². The van der Waals surface area contributed by atoms with Crippen molar-refractivity contribution >= 4 is 26.8 Å². The molecule has 0 aliphatic carbocycles. The van der Waals surface area contributed by atoms with Crippen LogP contribution in [-0.4, -0.2) is 53.3 Å². The van der Waals surface area contributed by atoms with Crippen LogP contribution >= 0.6 is 0 Å². The van der Waals surface area contributed by atoms with Gasteiger partial charge in [-0.25, -0.2) is 13.2 Å². The van der Waals surface area contributed by atoms with Crippen LogP contribution in [0.2, 0.25) is 0 Å². The predicted octanol–water partition coefficient (Wildman–Crippen LogP) is 0.434. The molecule has 2 aromatic rings. The number of nitrogens with zero attached hydrogens (tertiary/aromatic N) is 1. The molecule has 8 heteroatoms. The number of carbonyl (C=O) groups excluding carboxylic acids is 1. The number of sulfone groups is 1. The Morgan fingerprint density at radius 1 is 1.30 bits per heavy atom. The molecule has 3 rings (SSSR count). The van der Waals surface area contributed by atoms with Gasteiger partial charge in [0.05, 0.1) is 29.0 Å². The van der Waals surface area contributed by atoms with E-state index in [0.717, 1.165) is 5.56 Å². The summed E-state index contributed by atoms with van der Waals surface area (Å²) in [5, 5.41) is 0. The Balaban J connectivity index is 1.76. The van der Waals surface area contributed by atoms with Gasteiger partial charge in [0, 0.05) is 12.6 Å². The van der Waals surface area contributed by atoms with E-state index in [1.54, 1.807) is 23.1 Å². The summed E-state index contributed by atoms with van der Waals surface area (Å²) in [5.41, 5.74) is 1.86. The van der Waals surface area contributed by atoms with Crippen molar-refractivity contribution in [1.29, 1.82) is 0 Å². The molecule has 1 saturated heterocycles. The molecule has 1 aliphatic heterocycles. The molecule has 2 heterocycles. The Bertz CT molecular complexity index is 897. The molecule has 1 atom stereocenters. The fourth-order valence-corrected chi connectivity index (χ4v) is 4.86. The SMILES string of the molecule is CCN(C(=O)Cc1ccc2[nH]c(=O)[nH]c2c1)C1CCS(=O)(=O)C1. The topological polar surface area (TPSA) is 103 Å². The van der Waals surface area contributed by atoms with E-state index in [-0.39, 0.29) is 35.6 Å². The van der Waals surface area contributed by atoms with E-state index in [4.69, 9.17) is 0 Å². The Kier molecular flexibility index (Phi) is 4.01. The molecule has 1 fully saturated rings. The number of carbonyl (C=O) groups is 1. The summed E-state index contributed by atoms with van der Waals surface area (Å²) in [5.74, 6) is 0.112. The predicted molar refractivity (Wildman–Crippen MR) is 87.1 cm³/mol. The molecule has 1 aromatic carbocycles. The zero-order valence-electron chi connectivity index (χ0n) is 12.8. The Morgan fingerprint density at radius 3 is 2.70 bits per heavy atom. The first-order chi connectivity index (χ1) is 10.9. The van der Waals surface area contributed by atoms with Gasteiger partial charge in [-0.3, -0.25) is 4.79 Å². The van der Waals surface area contributed by atoms with Gasteiger partial charge in [0.2, 0.25) is 5.91 Å². The van der Waals surface area contributed by atoms with E-state index in [1.165, 1.54) is 0 Å². The Hall–Kier alpha value is -2.09. The van der Waals surface area contributed by atoms with Crippen LogP contribution < -0.4 is 5.69 Å². The van der Waals surface area contributed by atoms with Crippen LogP contribution in [0.3, 0.4) is 0 Å². The third kappa shape index (κ3) is 3.31. The second-order valence-corrected chi connectivity index (χ2v) is 8.10. The van der Waals surface area contributed by atoms with E-state index in [9.17, 15) is 18.0 Å². The number of aromatic amines is 2.